The highest BCUT2D eigenvalue weighted by atomic mass is 35.5. The van der Waals surface area contributed by atoms with E-state index in [1.165, 1.54) is 6.07 Å². The number of aryl methyl sites for hydroxylation is 1. The van der Waals surface area contributed by atoms with Gasteiger partial charge in [-0.05, 0) is 24.6 Å². The van der Waals surface area contributed by atoms with Crippen LogP contribution in [0.15, 0.2) is 18.2 Å². The lowest BCUT2D eigenvalue weighted by Gasteiger charge is -2.15. The molecule has 1 amide bonds. The molecule has 0 bridgehead atoms. The lowest BCUT2D eigenvalue weighted by atomic mass is 10.1. The molecule has 0 radical (unpaired) electrons. The van der Waals surface area contributed by atoms with E-state index in [1.54, 1.807) is 19.1 Å². The molecule has 1 unspecified atom stereocenters. The summed E-state index contributed by atoms with van der Waals surface area (Å²) in [4.78, 5) is 22.6. The van der Waals surface area contributed by atoms with Crippen LogP contribution in [0.1, 0.15) is 22.3 Å². The van der Waals surface area contributed by atoms with Gasteiger partial charge in [0.1, 0.15) is 6.04 Å². The number of amides is 1. The van der Waals surface area contributed by atoms with Crippen molar-refractivity contribution in [3.63, 3.8) is 0 Å². The summed E-state index contributed by atoms with van der Waals surface area (Å²) in [6, 6.07) is 2.88. The van der Waals surface area contributed by atoms with Crippen LogP contribution in [0.25, 0.3) is 0 Å². The number of hydrogen-bond acceptors (Lipinski definition) is 2. The van der Waals surface area contributed by atoms with E-state index in [2.05, 4.69) is 5.32 Å². The summed E-state index contributed by atoms with van der Waals surface area (Å²) in [6.07, 6.45) is -3.76. The van der Waals surface area contributed by atoms with E-state index in [-0.39, 0.29) is 5.56 Å². The molecule has 19 heavy (non-hydrogen) atoms. The second-order valence-corrected chi connectivity index (χ2v) is 4.39. The fourth-order valence-corrected chi connectivity index (χ4v) is 1.65. The molecule has 1 aromatic rings. The molecule has 0 spiro atoms. The summed E-state index contributed by atoms with van der Waals surface area (Å²) in [6.45, 7) is 1.63. The second-order valence-electron chi connectivity index (χ2n) is 3.95. The minimum absolute atomic E-state index is 0.160. The second kappa shape index (κ2) is 6.47. The third-order valence-corrected chi connectivity index (χ3v) is 2.70. The standard InChI is InChI=1S/C12H12ClF2NO3/c1-6-2-3-7(13)4-8(6)11(17)16-9(12(18)19)5-10(14)15/h2-4,9-10H,5H2,1H3,(H,16,17)(H,18,19). The monoisotopic (exact) mass is 291 g/mol. The van der Waals surface area contributed by atoms with Crippen molar-refractivity contribution in [3.05, 3.63) is 34.3 Å². The zero-order chi connectivity index (χ0) is 14.6. The first-order chi connectivity index (χ1) is 8.81. The van der Waals surface area contributed by atoms with E-state index in [4.69, 9.17) is 16.7 Å². The van der Waals surface area contributed by atoms with Crippen LogP contribution in [-0.2, 0) is 4.79 Å². The van der Waals surface area contributed by atoms with E-state index in [1.807, 2.05) is 0 Å². The van der Waals surface area contributed by atoms with Crippen molar-refractivity contribution < 1.29 is 23.5 Å². The molecule has 0 saturated heterocycles. The lowest BCUT2D eigenvalue weighted by Crippen LogP contribution is -2.42. The van der Waals surface area contributed by atoms with Crippen LogP contribution in [0.4, 0.5) is 8.78 Å². The summed E-state index contributed by atoms with van der Waals surface area (Å²) in [5, 5.41) is 11.1. The molecule has 0 heterocycles. The van der Waals surface area contributed by atoms with E-state index in [0.717, 1.165) is 0 Å². The first-order valence-corrected chi connectivity index (χ1v) is 5.77. The molecule has 7 heteroatoms. The number of carboxylic acid groups (broad SMARTS) is 1. The van der Waals surface area contributed by atoms with Crippen LogP contribution >= 0.6 is 11.6 Å². The van der Waals surface area contributed by atoms with E-state index < -0.39 is 30.8 Å². The Hall–Kier alpha value is -1.69. The molecular weight excluding hydrogens is 280 g/mol. The molecule has 104 valence electrons. The van der Waals surface area contributed by atoms with E-state index in [0.29, 0.717) is 10.6 Å². The van der Waals surface area contributed by atoms with Crippen molar-refractivity contribution in [1.82, 2.24) is 5.32 Å². The highest BCUT2D eigenvalue weighted by Gasteiger charge is 2.25. The van der Waals surface area contributed by atoms with Crippen molar-refractivity contribution in [3.8, 4) is 0 Å². The number of benzene rings is 1. The van der Waals surface area contributed by atoms with Gasteiger partial charge in [-0.3, -0.25) is 4.79 Å². The number of halogens is 3. The van der Waals surface area contributed by atoms with Crippen LogP contribution in [-0.4, -0.2) is 29.5 Å². The third-order valence-electron chi connectivity index (χ3n) is 2.46. The Morgan fingerprint density at radius 2 is 2.05 bits per heavy atom. The van der Waals surface area contributed by atoms with Crippen molar-refractivity contribution >= 4 is 23.5 Å². The molecule has 1 atom stereocenters. The largest absolute Gasteiger partial charge is 0.480 e. The van der Waals surface area contributed by atoms with Crippen LogP contribution in [0, 0.1) is 6.92 Å². The number of alkyl halides is 2. The molecule has 0 aliphatic rings. The lowest BCUT2D eigenvalue weighted by molar-refractivity contribution is -0.140. The Morgan fingerprint density at radius 3 is 2.58 bits per heavy atom. The topological polar surface area (TPSA) is 66.4 Å². The molecule has 4 nitrogen and oxygen atoms in total. The molecule has 2 N–H and O–H groups in total. The highest BCUT2D eigenvalue weighted by Crippen LogP contribution is 2.16. The summed E-state index contributed by atoms with van der Waals surface area (Å²) in [7, 11) is 0. The Balaban J connectivity index is 2.87. The Bertz CT molecular complexity index is 494. The van der Waals surface area contributed by atoms with E-state index in [9.17, 15) is 18.4 Å². The minimum Gasteiger partial charge on any atom is -0.480 e. The Morgan fingerprint density at radius 1 is 1.42 bits per heavy atom. The maximum Gasteiger partial charge on any atom is 0.326 e. The van der Waals surface area contributed by atoms with Crippen LogP contribution in [0.3, 0.4) is 0 Å². The van der Waals surface area contributed by atoms with Crippen molar-refractivity contribution in [2.24, 2.45) is 0 Å². The third kappa shape index (κ3) is 4.48. The zero-order valence-corrected chi connectivity index (χ0v) is 10.7. The van der Waals surface area contributed by atoms with Gasteiger partial charge in [-0.25, -0.2) is 13.6 Å². The molecule has 0 saturated carbocycles. The van der Waals surface area contributed by atoms with Crippen molar-refractivity contribution in [1.29, 1.82) is 0 Å². The SMILES string of the molecule is Cc1ccc(Cl)cc1C(=O)NC(CC(F)F)C(=O)O. The van der Waals surface area contributed by atoms with Gasteiger partial charge in [0.2, 0.25) is 6.43 Å². The number of carbonyl (C=O) groups excluding carboxylic acids is 1. The molecule has 0 fully saturated rings. The van der Waals surface area contributed by atoms with Gasteiger partial charge >= 0.3 is 5.97 Å². The van der Waals surface area contributed by atoms with Crippen molar-refractivity contribution in [2.45, 2.75) is 25.8 Å². The smallest absolute Gasteiger partial charge is 0.326 e. The predicted molar refractivity (Wildman–Crippen MR) is 65.7 cm³/mol. The van der Waals surface area contributed by atoms with Crippen LogP contribution < -0.4 is 5.32 Å². The number of nitrogens with one attached hydrogen (secondary N) is 1. The minimum atomic E-state index is -2.82. The number of rotatable bonds is 5. The fourth-order valence-electron chi connectivity index (χ4n) is 1.47. The summed E-state index contributed by atoms with van der Waals surface area (Å²) < 4.78 is 24.4. The summed E-state index contributed by atoms with van der Waals surface area (Å²) >= 11 is 5.73. The van der Waals surface area contributed by atoms with Crippen LogP contribution in [0.2, 0.25) is 5.02 Å². The van der Waals surface area contributed by atoms with Gasteiger partial charge in [-0.15, -0.1) is 0 Å². The zero-order valence-electron chi connectivity index (χ0n) is 9.99. The molecular formula is C12H12ClF2NO3. The maximum atomic E-state index is 12.2. The van der Waals surface area contributed by atoms with Gasteiger partial charge in [0, 0.05) is 17.0 Å². The van der Waals surface area contributed by atoms with E-state index >= 15 is 0 Å². The number of carbonyl (C=O) groups is 2. The molecule has 0 aromatic heterocycles. The predicted octanol–water partition coefficient (Wildman–Crippen LogP) is 2.49. The van der Waals surface area contributed by atoms with Gasteiger partial charge in [-0.1, -0.05) is 17.7 Å². The molecule has 0 aliphatic heterocycles. The normalized spacial score (nSPS) is 12.3. The number of aliphatic carboxylic acids is 1. The quantitative estimate of drug-likeness (QED) is 0.876. The number of carboxylic acids is 1. The Kier molecular flexibility index (Phi) is 5.23. The van der Waals surface area contributed by atoms with Gasteiger partial charge in [-0.2, -0.15) is 0 Å². The summed E-state index contributed by atoms with van der Waals surface area (Å²) in [5.74, 6) is -2.25. The van der Waals surface area contributed by atoms with Crippen LogP contribution in [0.5, 0.6) is 0 Å². The fraction of sp³-hybridized carbons (Fsp3) is 0.333. The van der Waals surface area contributed by atoms with Gasteiger partial charge in [0.25, 0.3) is 5.91 Å². The summed E-state index contributed by atoms with van der Waals surface area (Å²) in [5.41, 5.74) is 0.733. The van der Waals surface area contributed by atoms with Gasteiger partial charge in [0.05, 0.1) is 0 Å². The van der Waals surface area contributed by atoms with Gasteiger partial charge < -0.3 is 10.4 Å². The first kappa shape index (κ1) is 15.4. The number of hydrogen-bond donors (Lipinski definition) is 2. The highest BCUT2D eigenvalue weighted by molar-refractivity contribution is 6.31. The maximum absolute atomic E-state index is 12.2. The van der Waals surface area contributed by atoms with Crippen molar-refractivity contribution in [2.75, 3.05) is 0 Å². The van der Waals surface area contributed by atoms with Gasteiger partial charge in [0.15, 0.2) is 0 Å². The average molecular weight is 292 g/mol. The molecule has 1 aromatic carbocycles. The first-order valence-electron chi connectivity index (χ1n) is 5.39. The molecule has 1 rings (SSSR count). The Labute approximate surface area is 113 Å². The molecule has 0 aliphatic carbocycles. The average Bonchev–Trinajstić information content (AvgIpc) is 2.30.